The summed E-state index contributed by atoms with van der Waals surface area (Å²) in [7, 11) is 1.60. The van der Waals surface area contributed by atoms with Crippen LogP contribution in [0.5, 0.6) is 0 Å². The van der Waals surface area contributed by atoms with Gasteiger partial charge in [0.2, 0.25) is 5.91 Å². The highest BCUT2D eigenvalue weighted by atomic mass is 32.1. The second kappa shape index (κ2) is 5.18. The molecule has 2 heterocycles. The molecular formula is C11H13N3O3S. The Balaban J connectivity index is 1.94. The number of aromatic nitrogens is 2. The molecule has 0 saturated carbocycles. The van der Waals surface area contributed by atoms with Gasteiger partial charge >= 0.3 is 5.97 Å². The molecule has 18 heavy (non-hydrogen) atoms. The van der Waals surface area contributed by atoms with Gasteiger partial charge < -0.3 is 10.0 Å². The number of hydrogen-bond acceptors (Lipinski definition) is 4. The first-order chi connectivity index (χ1) is 8.56. The molecule has 2 aromatic rings. The van der Waals surface area contributed by atoms with E-state index >= 15 is 0 Å². The Kier molecular flexibility index (Phi) is 3.61. The number of carboxylic acid groups (broad SMARTS) is 1. The predicted octanol–water partition coefficient (Wildman–Crippen LogP) is 0.871. The second-order valence-corrected chi connectivity index (χ2v) is 4.83. The molecule has 6 nitrogen and oxygen atoms in total. The van der Waals surface area contributed by atoms with Gasteiger partial charge in [0.15, 0.2) is 4.96 Å². The van der Waals surface area contributed by atoms with Crippen LogP contribution in [-0.4, -0.2) is 44.9 Å². The SMILES string of the molecule is CN(CCC(=O)O)C(=O)Cc1cn2ccsc2n1. The molecule has 0 aliphatic heterocycles. The van der Waals surface area contributed by atoms with Gasteiger partial charge in [-0.3, -0.25) is 14.0 Å². The molecule has 7 heteroatoms. The first-order valence-corrected chi connectivity index (χ1v) is 6.31. The summed E-state index contributed by atoms with van der Waals surface area (Å²) in [6, 6.07) is 0. The lowest BCUT2D eigenvalue weighted by atomic mass is 10.3. The molecule has 2 rings (SSSR count). The van der Waals surface area contributed by atoms with Gasteiger partial charge in [-0.25, -0.2) is 4.98 Å². The summed E-state index contributed by atoms with van der Waals surface area (Å²) >= 11 is 1.51. The maximum Gasteiger partial charge on any atom is 0.305 e. The number of carbonyl (C=O) groups excluding carboxylic acids is 1. The third-order valence-corrected chi connectivity index (χ3v) is 3.33. The molecule has 0 atom stereocenters. The summed E-state index contributed by atoms with van der Waals surface area (Å²) in [6.45, 7) is 0.219. The lowest BCUT2D eigenvalue weighted by Gasteiger charge is -2.14. The summed E-state index contributed by atoms with van der Waals surface area (Å²) < 4.78 is 1.87. The smallest absolute Gasteiger partial charge is 0.305 e. The van der Waals surface area contributed by atoms with E-state index in [-0.39, 0.29) is 25.3 Å². The van der Waals surface area contributed by atoms with E-state index in [2.05, 4.69) is 4.98 Å². The van der Waals surface area contributed by atoms with Gasteiger partial charge in [-0.2, -0.15) is 0 Å². The van der Waals surface area contributed by atoms with E-state index in [1.807, 2.05) is 22.2 Å². The monoisotopic (exact) mass is 267 g/mol. The highest BCUT2D eigenvalue weighted by Gasteiger charge is 2.13. The minimum Gasteiger partial charge on any atom is -0.481 e. The third kappa shape index (κ3) is 2.86. The van der Waals surface area contributed by atoms with Gasteiger partial charge in [-0.1, -0.05) is 0 Å². The zero-order valence-electron chi connectivity index (χ0n) is 9.87. The van der Waals surface area contributed by atoms with E-state index < -0.39 is 5.97 Å². The summed E-state index contributed by atoms with van der Waals surface area (Å²) in [5.41, 5.74) is 0.703. The summed E-state index contributed by atoms with van der Waals surface area (Å²) in [6.07, 6.45) is 3.86. The van der Waals surface area contributed by atoms with Crippen molar-refractivity contribution >= 4 is 28.2 Å². The predicted molar refractivity (Wildman–Crippen MR) is 66.7 cm³/mol. The van der Waals surface area contributed by atoms with Crippen LogP contribution >= 0.6 is 11.3 Å². The normalized spacial score (nSPS) is 10.7. The maximum absolute atomic E-state index is 11.8. The Labute approximate surface area is 107 Å². The molecule has 2 aromatic heterocycles. The Bertz CT molecular complexity index is 546. The first-order valence-electron chi connectivity index (χ1n) is 5.43. The van der Waals surface area contributed by atoms with Crippen LogP contribution in [0.1, 0.15) is 12.1 Å². The van der Waals surface area contributed by atoms with Crippen molar-refractivity contribution in [3.8, 4) is 0 Å². The standard InChI is InChI=1S/C11H13N3O3S/c1-13(3-2-10(16)17)9(15)6-8-7-14-4-5-18-11(14)12-8/h4-5,7H,2-3,6H2,1H3,(H,16,17). The Morgan fingerprint density at radius 3 is 3.00 bits per heavy atom. The summed E-state index contributed by atoms with van der Waals surface area (Å²) in [5, 5.41) is 10.5. The van der Waals surface area contributed by atoms with E-state index in [0.717, 1.165) is 4.96 Å². The summed E-state index contributed by atoms with van der Waals surface area (Å²) in [5.74, 6) is -1.03. The van der Waals surface area contributed by atoms with Gasteiger partial charge in [0, 0.05) is 31.4 Å². The first kappa shape index (κ1) is 12.6. The van der Waals surface area contributed by atoms with Crippen molar-refractivity contribution in [1.29, 1.82) is 0 Å². The van der Waals surface area contributed by atoms with E-state index in [1.165, 1.54) is 16.2 Å². The van der Waals surface area contributed by atoms with Crippen LogP contribution in [0.4, 0.5) is 0 Å². The van der Waals surface area contributed by atoms with Crippen LogP contribution in [0.25, 0.3) is 4.96 Å². The number of fused-ring (bicyclic) bond motifs is 1. The number of hydrogen-bond donors (Lipinski definition) is 1. The molecule has 0 unspecified atom stereocenters. The van der Waals surface area contributed by atoms with Crippen LogP contribution < -0.4 is 0 Å². The number of carbonyl (C=O) groups is 2. The van der Waals surface area contributed by atoms with Crippen LogP contribution in [0.15, 0.2) is 17.8 Å². The number of amides is 1. The van der Waals surface area contributed by atoms with Crippen molar-refractivity contribution in [2.45, 2.75) is 12.8 Å². The quantitative estimate of drug-likeness (QED) is 0.872. The largest absolute Gasteiger partial charge is 0.481 e. The van der Waals surface area contributed by atoms with Crippen LogP contribution in [0.3, 0.4) is 0 Å². The third-order valence-electron chi connectivity index (χ3n) is 2.56. The molecule has 0 aliphatic rings. The number of thiazole rings is 1. The zero-order chi connectivity index (χ0) is 13.1. The summed E-state index contributed by atoms with van der Waals surface area (Å²) in [4.78, 5) is 28.8. The van der Waals surface area contributed by atoms with E-state index in [1.54, 1.807) is 7.05 Å². The number of imidazole rings is 1. The van der Waals surface area contributed by atoms with Crippen molar-refractivity contribution < 1.29 is 14.7 Å². The lowest BCUT2D eigenvalue weighted by Crippen LogP contribution is -2.30. The average molecular weight is 267 g/mol. The minimum absolute atomic E-state index is 0.0412. The van der Waals surface area contributed by atoms with Crippen molar-refractivity contribution in [3.63, 3.8) is 0 Å². The highest BCUT2D eigenvalue weighted by Crippen LogP contribution is 2.12. The van der Waals surface area contributed by atoms with Crippen LogP contribution in [-0.2, 0) is 16.0 Å². The fourth-order valence-electron chi connectivity index (χ4n) is 1.54. The number of carboxylic acids is 1. The molecule has 0 spiro atoms. The average Bonchev–Trinajstić information content (AvgIpc) is 2.85. The topological polar surface area (TPSA) is 74.9 Å². The number of rotatable bonds is 5. The number of likely N-dealkylation sites (N-methyl/N-ethyl adjacent to an activating group) is 1. The molecule has 96 valence electrons. The second-order valence-electron chi connectivity index (χ2n) is 3.96. The molecule has 0 bridgehead atoms. The van der Waals surface area contributed by atoms with Crippen molar-refractivity contribution in [2.75, 3.05) is 13.6 Å². The molecule has 0 radical (unpaired) electrons. The molecular weight excluding hydrogens is 254 g/mol. The molecule has 0 aliphatic carbocycles. The molecule has 1 amide bonds. The van der Waals surface area contributed by atoms with Crippen molar-refractivity contribution in [1.82, 2.24) is 14.3 Å². The van der Waals surface area contributed by atoms with Crippen molar-refractivity contribution in [3.05, 3.63) is 23.5 Å². The lowest BCUT2D eigenvalue weighted by molar-refractivity contribution is -0.138. The van der Waals surface area contributed by atoms with Gasteiger partial charge in [0.25, 0.3) is 0 Å². The number of aliphatic carboxylic acids is 1. The minimum atomic E-state index is -0.905. The van der Waals surface area contributed by atoms with Gasteiger partial charge in [0.1, 0.15) is 0 Å². The molecule has 1 N–H and O–H groups in total. The molecule has 0 aromatic carbocycles. The fourth-order valence-corrected chi connectivity index (χ4v) is 2.26. The van der Waals surface area contributed by atoms with Crippen LogP contribution in [0.2, 0.25) is 0 Å². The molecule has 0 saturated heterocycles. The zero-order valence-corrected chi connectivity index (χ0v) is 10.7. The number of nitrogens with zero attached hydrogens (tertiary/aromatic N) is 3. The molecule has 0 fully saturated rings. The fraction of sp³-hybridized carbons (Fsp3) is 0.364. The van der Waals surface area contributed by atoms with Gasteiger partial charge in [0.05, 0.1) is 18.5 Å². The highest BCUT2D eigenvalue weighted by molar-refractivity contribution is 7.15. The Morgan fingerprint density at radius 2 is 2.33 bits per heavy atom. The Morgan fingerprint density at radius 1 is 1.56 bits per heavy atom. The van der Waals surface area contributed by atoms with Gasteiger partial charge in [-0.15, -0.1) is 11.3 Å². The van der Waals surface area contributed by atoms with Crippen LogP contribution in [0, 0.1) is 0 Å². The van der Waals surface area contributed by atoms with E-state index in [0.29, 0.717) is 5.69 Å². The van der Waals surface area contributed by atoms with E-state index in [9.17, 15) is 9.59 Å². The van der Waals surface area contributed by atoms with E-state index in [4.69, 9.17) is 5.11 Å². The maximum atomic E-state index is 11.8. The van der Waals surface area contributed by atoms with Gasteiger partial charge in [-0.05, 0) is 0 Å². The van der Waals surface area contributed by atoms with Crippen molar-refractivity contribution in [2.24, 2.45) is 0 Å². The Hall–Kier alpha value is -1.89.